The Morgan fingerprint density at radius 3 is 1.38 bits per heavy atom. The van der Waals surface area contributed by atoms with Crippen LogP contribution in [0.5, 0.6) is 0 Å². The van der Waals surface area contributed by atoms with Crippen molar-refractivity contribution >= 4 is 38.5 Å². The molecule has 0 spiro atoms. The van der Waals surface area contributed by atoms with Crippen LogP contribution in [0.1, 0.15) is 18.4 Å². The molecular formula is C62H45N. The first-order valence-corrected chi connectivity index (χ1v) is 22.0. The molecule has 0 N–H and O–H groups in total. The van der Waals surface area contributed by atoms with Gasteiger partial charge in [0, 0.05) is 17.1 Å². The minimum Gasteiger partial charge on any atom is -0.314 e. The van der Waals surface area contributed by atoms with Crippen LogP contribution in [0.25, 0.3) is 82.8 Å². The first-order valence-electron chi connectivity index (χ1n) is 22.0. The number of hydrogen-bond acceptors (Lipinski definition) is 1. The Morgan fingerprint density at radius 1 is 0.270 bits per heavy atom. The summed E-state index contributed by atoms with van der Waals surface area (Å²) in [6, 6.07) is 86.1. The standard InChI is InChI=1S/C62H45N/c1-2-15-46(16-3-1)58-25-8-10-27-61(58)62-28-11-9-26-59(62)50-37-41-53(42-38-50)63(54-22-12-21-51(43-54)60-30-14-20-48-18-5-7-24-56(48)60)52-39-35-45(36-40-52)44-31-33-49(34-32-44)57-29-13-19-47-17-4-6-23-55(47)57/h1-37,39-41,43H,38,42H2. The van der Waals surface area contributed by atoms with E-state index in [1.54, 1.807) is 0 Å². The maximum atomic E-state index is 2.46. The molecule has 0 radical (unpaired) electrons. The quantitative estimate of drug-likeness (QED) is 0.140. The zero-order valence-electron chi connectivity index (χ0n) is 35.0. The first kappa shape index (κ1) is 38.0. The average Bonchev–Trinajstić information content (AvgIpc) is 3.37. The van der Waals surface area contributed by atoms with Gasteiger partial charge in [0.2, 0.25) is 0 Å². The molecule has 0 unspecified atom stereocenters. The fourth-order valence-electron chi connectivity index (χ4n) is 9.52. The van der Waals surface area contributed by atoms with Crippen LogP contribution in [0.15, 0.2) is 254 Å². The molecule has 0 atom stereocenters. The highest BCUT2D eigenvalue weighted by atomic mass is 15.1. The van der Waals surface area contributed by atoms with Crippen LogP contribution in [-0.2, 0) is 0 Å². The maximum absolute atomic E-state index is 2.46. The summed E-state index contributed by atoms with van der Waals surface area (Å²) >= 11 is 0. The van der Waals surface area contributed by atoms with Crippen molar-refractivity contribution in [1.82, 2.24) is 0 Å². The van der Waals surface area contributed by atoms with E-state index < -0.39 is 0 Å². The third-order valence-corrected chi connectivity index (χ3v) is 12.6. The van der Waals surface area contributed by atoms with Gasteiger partial charge in [0.05, 0.1) is 0 Å². The summed E-state index contributed by atoms with van der Waals surface area (Å²) in [7, 11) is 0. The van der Waals surface area contributed by atoms with E-state index in [9.17, 15) is 0 Å². The van der Waals surface area contributed by atoms with E-state index >= 15 is 0 Å². The van der Waals surface area contributed by atoms with Crippen molar-refractivity contribution in [2.75, 3.05) is 4.90 Å². The fraction of sp³-hybridized carbons (Fsp3) is 0.0323. The van der Waals surface area contributed by atoms with Crippen LogP contribution >= 0.6 is 0 Å². The smallest absolute Gasteiger partial charge is 0.0464 e. The van der Waals surface area contributed by atoms with E-state index in [2.05, 4.69) is 254 Å². The van der Waals surface area contributed by atoms with E-state index in [1.165, 1.54) is 94.0 Å². The number of fused-ring (bicyclic) bond motifs is 2. The van der Waals surface area contributed by atoms with Crippen LogP contribution in [-0.4, -0.2) is 0 Å². The van der Waals surface area contributed by atoms with Gasteiger partial charge in [0.15, 0.2) is 0 Å². The van der Waals surface area contributed by atoms with Crippen molar-refractivity contribution < 1.29 is 0 Å². The zero-order chi connectivity index (χ0) is 42.0. The van der Waals surface area contributed by atoms with Crippen LogP contribution in [0.3, 0.4) is 0 Å². The molecule has 0 fully saturated rings. The van der Waals surface area contributed by atoms with E-state index in [0.29, 0.717) is 0 Å². The Hall–Kier alpha value is -8.00. The SMILES string of the molecule is C1=C(c2ccccc2-c2ccccc2-c2ccccc2)CCC(N(c2ccc(-c3ccc(-c4cccc5ccccc45)cc3)cc2)c2cccc(-c3cccc4ccccc34)c2)=C1. The number of hydrogen-bond donors (Lipinski definition) is 0. The zero-order valence-corrected chi connectivity index (χ0v) is 35.0. The molecule has 0 heterocycles. The molecule has 10 aromatic rings. The summed E-state index contributed by atoms with van der Waals surface area (Å²) in [5.74, 6) is 0. The van der Waals surface area contributed by atoms with Gasteiger partial charge in [-0.3, -0.25) is 0 Å². The third-order valence-electron chi connectivity index (χ3n) is 12.6. The minimum atomic E-state index is 0.899. The van der Waals surface area contributed by atoms with E-state index in [0.717, 1.165) is 24.2 Å². The molecule has 11 rings (SSSR count). The van der Waals surface area contributed by atoms with Crippen molar-refractivity contribution in [2.45, 2.75) is 12.8 Å². The van der Waals surface area contributed by atoms with Gasteiger partial charge in [-0.15, -0.1) is 0 Å². The van der Waals surface area contributed by atoms with Crippen molar-refractivity contribution in [3.63, 3.8) is 0 Å². The first-order chi connectivity index (χ1) is 31.2. The predicted octanol–water partition coefficient (Wildman–Crippen LogP) is 17.2. The second kappa shape index (κ2) is 16.8. The second-order valence-electron chi connectivity index (χ2n) is 16.4. The Morgan fingerprint density at radius 2 is 0.730 bits per heavy atom. The molecule has 298 valence electrons. The minimum absolute atomic E-state index is 0.899. The average molecular weight is 804 g/mol. The topological polar surface area (TPSA) is 3.24 Å². The predicted molar refractivity (Wildman–Crippen MR) is 269 cm³/mol. The summed E-state index contributed by atoms with van der Waals surface area (Å²) in [5, 5.41) is 5.04. The van der Waals surface area contributed by atoms with Crippen LogP contribution in [0, 0.1) is 0 Å². The van der Waals surface area contributed by atoms with Crippen molar-refractivity contribution in [2.24, 2.45) is 0 Å². The number of anilines is 2. The number of allylic oxidation sites excluding steroid dienone is 4. The lowest BCUT2D eigenvalue weighted by atomic mass is 9.86. The Bertz CT molecular complexity index is 3310. The van der Waals surface area contributed by atoms with Gasteiger partial charge in [-0.1, -0.05) is 218 Å². The molecule has 1 heteroatoms. The highest BCUT2D eigenvalue weighted by Crippen LogP contribution is 2.42. The van der Waals surface area contributed by atoms with E-state index in [-0.39, 0.29) is 0 Å². The molecule has 0 saturated heterocycles. The van der Waals surface area contributed by atoms with Crippen LogP contribution in [0.4, 0.5) is 11.4 Å². The fourth-order valence-corrected chi connectivity index (χ4v) is 9.52. The van der Waals surface area contributed by atoms with Gasteiger partial charge in [-0.05, 0) is 131 Å². The van der Waals surface area contributed by atoms with Crippen molar-refractivity contribution in [3.05, 3.63) is 260 Å². The summed E-state index contributed by atoms with van der Waals surface area (Å²) in [4.78, 5) is 2.46. The highest BCUT2D eigenvalue weighted by Gasteiger charge is 2.21. The Balaban J connectivity index is 0.968. The lowest BCUT2D eigenvalue weighted by Crippen LogP contribution is -2.18. The number of benzene rings is 10. The molecule has 0 saturated carbocycles. The molecule has 0 aromatic heterocycles. The summed E-state index contributed by atoms with van der Waals surface area (Å²) in [6.45, 7) is 0. The van der Waals surface area contributed by atoms with Gasteiger partial charge in [0.1, 0.15) is 0 Å². The highest BCUT2D eigenvalue weighted by molar-refractivity contribution is 5.98. The molecule has 10 aromatic carbocycles. The normalized spacial score (nSPS) is 12.5. The van der Waals surface area contributed by atoms with E-state index in [4.69, 9.17) is 0 Å². The molecule has 0 aliphatic heterocycles. The molecule has 1 aliphatic rings. The van der Waals surface area contributed by atoms with Crippen molar-refractivity contribution in [3.8, 4) is 55.6 Å². The van der Waals surface area contributed by atoms with Gasteiger partial charge >= 0.3 is 0 Å². The van der Waals surface area contributed by atoms with Gasteiger partial charge in [-0.2, -0.15) is 0 Å². The van der Waals surface area contributed by atoms with Gasteiger partial charge in [-0.25, -0.2) is 0 Å². The number of nitrogens with zero attached hydrogens (tertiary/aromatic N) is 1. The van der Waals surface area contributed by atoms with Crippen LogP contribution < -0.4 is 4.90 Å². The Labute approximate surface area is 370 Å². The van der Waals surface area contributed by atoms with Crippen LogP contribution in [0.2, 0.25) is 0 Å². The monoisotopic (exact) mass is 803 g/mol. The Kier molecular flexibility index (Phi) is 10.1. The summed E-state index contributed by atoms with van der Waals surface area (Å²) < 4.78 is 0. The van der Waals surface area contributed by atoms with Crippen molar-refractivity contribution in [1.29, 1.82) is 0 Å². The molecular weight excluding hydrogens is 759 g/mol. The molecule has 0 bridgehead atoms. The lowest BCUT2D eigenvalue weighted by molar-refractivity contribution is 0.930. The van der Waals surface area contributed by atoms with E-state index in [1.807, 2.05) is 0 Å². The second-order valence-corrected chi connectivity index (χ2v) is 16.4. The molecule has 1 aliphatic carbocycles. The molecule has 63 heavy (non-hydrogen) atoms. The molecule has 0 amide bonds. The van der Waals surface area contributed by atoms with Gasteiger partial charge < -0.3 is 4.90 Å². The maximum Gasteiger partial charge on any atom is 0.0464 e. The number of rotatable bonds is 9. The molecule has 1 nitrogen and oxygen atoms in total. The summed E-state index contributed by atoms with van der Waals surface area (Å²) in [5.41, 5.74) is 18.5. The largest absolute Gasteiger partial charge is 0.314 e. The lowest BCUT2D eigenvalue weighted by Gasteiger charge is -2.31. The third kappa shape index (κ3) is 7.45. The summed E-state index contributed by atoms with van der Waals surface area (Å²) in [6.07, 6.45) is 6.53. The van der Waals surface area contributed by atoms with Gasteiger partial charge in [0.25, 0.3) is 0 Å².